The molecule has 0 fully saturated rings. The van der Waals surface area contributed by atoms with Crippen LogP contribution in [0.2, 0.25) is 10.0 Å². The lowest BCUT2D eigenvalue weighted by Gasteiger charge is -2.13. The number of benzene rings is 1. The summed E-state index contributed by atoms with van der Waals surface area (Å²) in [5.41, 5.74) is 8.77. The fourth-order valence-electron chi connectivity index (χ4n) is 1.41. The lowest BCUT2D eigenvalue weighted by Crippen LogP contribution is -2.22. The molecule has 0 aliphatic heterocycles. The molecule has 0 aromatic heterocycles. The number of halogens is 2. The van der Waals surface area contributed by atoms with Crippen molar-refractivity contribution in [3.63, 3.8) is 0 Å². The highest BCUT2D eigenvalue weighted by Gasteiger charge is 2.14. The van der Waals surface area contributed by atoms with Crippen LogP contribution in [0.5, 0.6) is 0 Å². The highest BCUT2D eigenvalue weighted by molar-refractivity contribution is 6.42. The smallest absolute Gasteiger partial charge is 0.122 e. The van der Waals surface area contributed by atoms with Gasteiger partial charge in [-0.2, -0.15) is 5.26 Å². The van der Waals surface area contributed by atoms with Crippen LogP contribution < -0.4 is 5.32 Å². The normalized spacial score (nSPS) is 11.4. The molecule has 1 rings (SSSR count). The summed E-state index contributed by atoms with van der Waals surface area (Å²) in [6, 6.07) is 6.76. The van der Waals surface area contributed by atoms with Gasteiger partial charge in [-0.3, -0.25) is 5.32 Å². The summed E-state index contributed by atoms with van der Waals surface area (Å²) in [7, 11) is 0. The number of nitrogens with one attached hydrogen (secondary N) is 1. The second-order valence-electron chi connectivity index (χ2n) is 3.47. The molecule has 18 heavy (non-hydrogen) atoms. The number of hydrogen-bond donors (Lipinski definition) is 1. The Kier molecular flexibility index (Phi) is 6.34. The molecule has 1 atom stereocenters. The Labute approximate surface area is 115 Å². The summed E-state index contributed by atoms with van der Waals surface area (Å²) < 4.78 is 0. The van der Waals surface area contributed by atoms with Gasteiger partial charge >= 0.3 is 0 Å². The maximum absolute atomic E-state index is 9.10. The fraction of sp³-hybridized carbons (Fsp3) is 0.364. The molecule has 5 nitrogen and oxygen atoms in total. The van der Waals surface area contributed by atoms with Gasteiger partial charge in [0.1, 0.15) is 6.04 Å². The van der Waals surface area contributed by atoms with E-state index < -0.39 is 6.04 Å². The molecule has 94 valence electrons. The summed E-state index contributed by atoms with van der Waals surface area (Å²) in [6.45, 7) is 0.949. The third kappa shape index (κ3) is 4.10. The molecule has 1 unspecified atom stereocenters. The molecular formula is C11H11Cl2N5. The highest BCUT2D eigenvalue weighted by atomic mass is 35.5. The molecule has 0 heterocycles. The van der Waals surface area contributed by atoms with Gasteiger partial charge in [-0.05, 0) is 24.6 Å². The van der Waals surface area contributed by atoms with E-state index in [4.69, 9.17) is 34.0 Å². The first kappa shape index (κ1) is 14.6. The van der Waals surface area contributed by atoms with E-state index in [0.29, 0.717) is 35.1 Å². The van der Waals surface area contributed by atoms with E-state index in [-0.39, 0.29) is 0 Å². The van der Waals surface area contributed by atoms with E-state index in [1.54, 1.807) is 18.2 Å². The molecule has 0 radical (unpaired) electrons. The summed E-state index contributed by atoms with van der Waals surface area (Å²) >= 11 is 11.9. The van der Waals surface area contributed by atoms with Crippen molar-refractivity contribution in [1.82, 2.24) is 5.32 Å². The van der Waals surface area contributed by atoms with E-state index in [9.17, 15) is 0 Å². The first-order valence-corrected chi connectivity index (χ1v) is 6.04. The monoisotopic (exact) mass is 283 g/mol. The van der Waals surface area contributed by atoms with Crippen molar-refractivity contribution in [3.8, 4) is 6.07 Å². The van der Waals surface area contributed by atoms with Gasteiger partial charge in [0, 0.05) is 17.0 Å². The summed E-state index contributed by atoms with van der Waals surface area (Å²) in [4.78, 5) is 2.65. The molecule has 0 aliphatic rings. The van der Waals surface area contributed by atoms with E-state index in [1.807, 2.05) is 0 Å². The van der Waals surface area contributed by atoms with Crippen LogP contribution in [0, 0.1) is 11.3 Å². The molecule has 0 spiro atoms. The van der Waals surface area contributed by atoms with Crippen molar-refractivity contribution in [3.05, 3.63) is 44.3 Å². The second-order valence-corrected chi connectivity index (χ2v) is 4.25. The van der Waals surface area contributed by atoms with Crippen LogP contribution in [0.15, 0.2) is 23.3 Å². The molecule has 1 aromatic carbocycles. The zero-order valence-electron chi connectivity index (χ0n) is 9.48. The van der Waals surface area contributed by atoms with Gasteiger partial charge in [0.05, 0.1) is 16.1 Å². The Hall–Kier alpha value is -1.44. The third-order valence-corrected chi connectivity index (χ3v) is 3.10. The minimum Gasteiger partial charge on any atom is -0.298 e. The van der Waals surface area contributed by atoms with Crippen LogP contribution in [-0.4, -0.2) is 13.1 Å². The summed E-state index contributed by atoms with van der Waals surface area (Å²) in [6.07, 6.45) is 0.653. The Bertz CT molecular complexity index is 491. The first-order valence-electron chi connectivity index (χ1n) is 5.28. The first-order chi connectivity index (χ1) is 8.70. The third-order valence-electron chi connectivity index (χ3n) is 2.27. The quantitative estimate of drug-likeness (QED) is 0.372. The van der Waals surface area contributed by atoms with Crippen molar-refractivity contribution in [2.24, 2.45) is 5.11 Å². The van der Waals surface area contributed by atoms with Crippen molar-refractivity contribution >= 4 is 23.2 Å². The molecule has 0 saturated heterocycles. The van der Waals surface area contributed by atoms with E-state index >= 15 is 0 Å². The van der Waals surface area contributed by atoms with Crippen LogP contribution in [0.25, 0.3) is 10.4 Å². The molecule has 0 aliphatic carbocycles. The van der Waals surface area contributed by atoms with Gasteiger partial charge in [0.2, 0.25) is 0 Å². The van der Waals surface area contributed by atoms with Crippen LogP contribution in [-0.2, 0) is 0 Å². The Balaban J connectivity index is 2.64. The van der Waals surface area contributed by atoms with Gasteiger partial charge in [-0.1, -0.05) is 40.4 Å². The van der Waals surface area contributed by atoms with Crippen LogP contribution >= 0.6 is 23.2 Å². The molecule has 7 heteroatoms. The number of hydrogen-bond acceptors (Lipinski definition) is 3. The van der Waals surface area contributed by atoms with E-state index in [1.165, 1.54) is 0 Å². The SMILES string of the molecule is N#CC(NCCCN=[N+]=[N-])c1cccc(Cl)c1Cl. The van der Waals surface area contributed by atoms with Gasteiger partial charge in [-0.15, -0.1) is 0 Å². The zero-order chi connectivity index (χ0) is 13.4. The molecule has 0 bridgehead atoms. The van der Waals surface area contributed by atoms with Crippen molar-refractivity contribution in [2.75, 3.05) is 13.1 Å². The molecule has 1 N–H and O–H groups in total. The van der Waals surface area contributed by atoms with Crippen molar-refractivity contribution in [2.45, 2.75) is 12.5 Å². The molecule has 0 saturated carbocycles. The fourth-order valence-corrected chi connectivity index (χ4v) is 1.83. The molecule has 1 aromatic rings. The Morgan fingerprint density at radius 2 is 2.28 bits per heavy atom. The number of rotatable bonds is 6. The van der Waals surface area contributed by atoms with Gasteiger partial charge in [0.15, 0.2) is 0 Å². The Morgan fingerprint density at radius 3 is 2.94 bits per heavy atom. The predicted octanol–water partition coefficient (Wildman–Crippen LogP) is 3.85. The lowest BCUT2D eigenvalue weighted by molar-refractivity contribution is 0.607. The van der Waals surface area contributed by atoms with Gasteiger partial charge in [0.25, 0.3) is 0 Å². The zero-order valence-corrected chi connectivity index (χ0v) is 11.0. The minimum atomic E-state index is -0.526. The Morgan fingerprint density at radius 1 is 1.50 bits per heavy atom. The van der Waals surface area contributed by atoms with Gasteiger partial charge in [-0.25, -0.2) is 0 Å². The van der Waals surface area contributed by atoms with Crippen LogP contribution in [0.4, 0.5) is 0 Å². The van der Waals surface area contributed by atoms with Crippen molar-refractivity contribution < 1.29 is 0 Å². The van der Waals surface area contributed by atoms with E-state index in [0.717, 1.165) is 0 Å². The minimum absolute atomic E-state index is 0.383. The van der Waals surface area contributed by atoms with Crippen LogP contribution in [0.3, 0.4) is 0 Å². The average molecular weight is 284 g/mol. The maximum atomic E-state index is 9.10. The lowest BCUT2D eigenvalue weighted by atomic mass is 10.1. The largest absolute Gasteiger partial charge is 0.298 e. The summed E-state index contributed by atoms with van der Waals surface area (Å²) in [5.74, 6) is 0. The number of azide groups is 1. The molecule has 0 amide bonds. The van der Waals surface area contributed by atoms with Crippen LogP contribution in [0.1, 0.15) is 18.0 Å². The standard InChI is InChI=1S/C11H11Cl2N5/c12-9-4-1-3-8(11(9)13)10(7-14)16-5-2-6-17-18-15/h1,3-4,10,16H,2,5-6H2. The second kappa shape index (κ2) is 7.80. The van der Waals surface area contributed by atoms with Gasteiger partial charge < -0.3 is 0 Å². The highest BCUT2D eigenvalue weighted by Crippen LogP contribution is 2.29. The predicted molar refractivity (Wildman–Crippen MR) is 71.4 cm³/mol. The summed E-state index contributed by atoms with van der Waals surface area (Å²) in [5, 5.41) is 16.3. The molecular weight excluding hydrogens is 273 g/mol. The maximum Gasteiger partial charge on any atom is 0.122 e. The number of nitriles is 1. The van der Waals surface area contributed by atoms with E-state index in [2.05, 4.69) is 21.4 Å². The average Bonchev–Trinajstić information content (AvgIpc) is 2.38. The van der Waals surface area contributed by atoms with Crippen molar-refractivity contribution in [1.29, 1.82) is 5.26 Å². The topological polar surface area (TPSA) is 84.6 Å². The number of nitrogens with zero attached hydrogens (tertiary/aromatic N) is 4.